The van der Waals surface area contributed by atoms with Crippen molar-refractivity contribution >= 4 is 28.9 Å². The summed E-state index contributed by atoms with van der Waals surface area (Å²) in [5.41, 5.74) is 8.00. The maximum Gasteiger partial charge on any atom is 0.255 e. The fraction of sp³-hybridized carbons (Fsp3) is 0.0667. The minimum absolute atomic E-state index is 0.137. The number of anilines is 3. The van der Waals surface area contributed by atoms with Crippen molar-refractivity contribution in [2.45, 2.75) is 6.92 Å². The van der Waals surface area contributed by atoms with Crippen molar-refractivity contribution in [3.8, 4) is 0 Å². The molecule has 0 aliphatic rings. The molecule has 2 aromatic rings. The highest BCUT2D eigenvalue weighted by atomic mass is 16.2. The highest BCUT2D eigenvalue weighted by Crippen LogP contribution is 2.15. The van der Waals surface area contributed by atoms with Crippen LogP contribution in [0.4, 0.5) is 17.1 Å². The highest BCUT2D eigenvalue weighted by molar-refractivity contribution is 6.04. The molecule has 2 amide bonds. The number of carbonyl (C=O) groups is 2. The summed E-state index contributed by atoms with van der Waals surface area (Å²) in [5, 5.41) is 5.42. The fourth-order valence-corrected chi connectivity index (χ4v) is 1.72. The Hall–Kier alpha value is -2.82. The number of rotatable bonds is 3. The number of amides is 2. The Labute approximate surface area is 116 Å². The number of nitrogens with two attached hydrogens (primary N) is 1. The zero-order chi connectivity index (χ0) is 14.5. The summed E-state index contributed by atoms with van der Waals surface area (Å²) in [4.78, 5) is 22.9. The van der Waals surface area contributed by atoms with Gasteiger partial charge in [0.05, 0.1) is 0 Å². The summed E-state index contributed by atoms with van der Waals surface area (Å²) in [7, 11) is 0. The second-order valence-electron chi connectivity index (χ2n) is 4.34. The predicted molar refractivity (Wildman–Crippen MR) is 79.6 cm³/mol. The maximum atomic E-state index is 12.0. The van der Waals surface area contributed by atoms with E-state index in [0.717, 1.165) is 0 Å². The summed E-state index contributed by atoms with van der Waals surface area (Å²) in [6.07, 6.45) is 0. The standard InChI is InChI=1S/C15H15N3O2/c1-10(19)17-13-5-7-14(8-6-13)18-15(20)11-3-2-4-12(16)9-11/h2-9H,16H2,1H3,(H,17,19)(H,18,20). The van der Waals surface area contributed by atoms with Gasteiger partial charge in [-0.25, -0.2) is 0 Å². The number of nitrogens with one attached hydrogen (secondary N) is 2. The van der Waals surface area contributed by atoms with Gasteiger partial charge in [0, 0.05) is 29.5 Å². The van der Waals surface area contributed by atoms with Gasteiger partial charge in [0.15, 0.2) is 0 Å². The van der Waals surface area contributed by atoms with E-state index < -0.39 is 0 Å². The normalized spacial score (nSPS) is 9.85. The van der Waals surface area contributed by atoms with Crippen LogP contribution in [-0.4, -0.2) is 11.8 Å². The summed E-state index contributed by atoms with van der Waals surface area (Å²) >= 11 is 0. The van der Waals surface area contributed by atoms with Gasteiger partial charge in [0.25, 0.3) is 5.91 Å². The van der Waals surface area contributed by atoms with Gasteiger partial charge < -0.3 is 16.4 Å². The van der Waals surface area contributed by atoms with E-state index in [9.17, 15) is 9.59 Å². The van der Waals surface area contributed by atoms with Gasteiger partial charge in [0.2, 0.25) is 5.91 Å². The van der Waals surface area contributed by atoms with Crippen LogP contribution in [0.2, 0.25) is 0 Å². The van der Waals surface area contributed by atoms with Crippen LogP contribution in [0.25, 0.3) is 0 Å². The molecule has 0 bridgehead atoms. The third-order valence-corrected chi connectivity index (χ3v) is 2.61. The van der Waals surface area contributed by atoms with Gasteiger partial charge in [0.1, 0.15) is 0 Å². The van der Waals surface area contributed by atoms with E-state index in [1.165, 1.54) is 6.92 Å². The Balaban J connectivity index is 2.06. The molecule has 0 aliphatic carbocycles. The number of hydrogen-bond acceptors (Lipinski definition) is 3. The van der Waals surface area contributed by atoms with Crippen LogP contribution < -0.4 is 16.4 Å². The summed E-state index contributed by atoms with van der Waals surface area (Å²) in [6.45, 7) is 1.44. The first kappa shape index (κ1) is 13.6. The smallest absolute Gasteiger partial charge is 0.255 e. The molecule has 0 saturated carbocycles. The van der Waals surface area contributed by atoms with Crippen LogP contribution in [0.5, 0.6) is 0 Å². The van der Waals surface area contributed by atoms with E-state index in [2.05, 4.69) is 10.6 Å². The first-order valence-electron chi connectivity index (χ1n) is 6.09. The lowest BCUT2D eigenvalue weighted by atomic mass is 10.2. The summed E-state index contributed by atoms with van der Waals surface area (Å²) in [5.74, 6) is -0.369. The zero-order valence-corrected chi connectivity index (χ0v) is 11.0. The van der Waals surface area contributed by atoms with Crippen molar-refractivity contribution in [3.05, 3.63) is 54.1 Å². The van der Waals surface area contributed by atoms with E-state index in [0.29, 0.717) is 22.6 Å². The third kappa shape index (κ3) is 3.58. The Morgan fingerprint density at radius 2 is 1.55 bits per heavy atom. The highest BCUT2D eigenvalue weighted by Gasteiger charge is 2.06. The Kier molecular flexibility index (Phi) is 4.00. The van der Waals surface area contributed by atoms with Crippen molar-refractivity contribution in [1.82, 2.24) is 0 Å². The first-order chi connectivity index (χ1) is 9.54. The van der Waals surface area contributed by atoms with E-state index in [1.807, 2.05) is 0 Å². The molecular formula is C15H15N3O2. The molecule has 5 heteroatoms. The van der Waals surface area contributed by atoms with E-state index >= 15 is 0 Å². The topological polar surface area (TPSA) is 84.2 Å². The lowest BCUT2D eigenvalue weighted by Crippen LogP contribution is -2.12. The van der Waals surface area contributed by atoms with Crippen LogP contribution in [0.3, 0.4) is 0 Å². The molecule has 102 valence electrons. The lowest BCUT2D eigenvalue weighted by Gasteiger charge is -2.07. The molecule has 0 unspecified atom stereocenters. The van der Waals surface area contributed by atoms with E-state index in [1.54, 1.807) is 48.5 Å². The second kappa shape index (κ2) is 5.88. The Bertz CT molecular complexity index is 636. The van der Waals surface area contributed by atoms with Crippen molar-refractivity contribution in [2.24, 2.45) is 0 Å². The quantitative estimate of drug-likeness (QED) is 0.748. The molecule has 0 fully saturated rings. The molecule has 4 N–H and O–H groups in total. The second-order valence-corrected chi connectivity index (χ2v) is 4.34. The van der Waals surface area contributed by atoms with Crippen LogP contribution >= 0.6 is 0 Å². The van der Waals surface area contributed by atoms with Gasteiger partial charge in [-0.1, -0.05) is 6.07 Å². The lowest BCUT2D eigenvalue weighted by molar-refractivity contribution is -0.114. The minimum atomic E-state index is -0.232. The molecule has 0 saturated heterocycles. The molecule has 5 nitrogen and oxygen atoms in total. The Morgan fingerprint density at radius 1 is 0.950 bits per heavy atom. The number of benzene rings is 2. The fourth-order valence-electron chi connectivity index (χ4n) is 1.72. The SMILES string of the molecule is CC(=O)Nc1ccc(NC(=O)c2cccc(N)c2)cc1. The molecule has 2 rings (SSSR count). The number of hydrogen-bond donors (Lipinski definition) is 3. The van der Waals surface area contributed by atoms with Crippen LogP contribution in [-0.2, 0) is 4.79 Å². The Morgan fingerprint density at radius 3 is 2.10 bits per heavy atom. The molecule has 0 radical (unpaired) electrons. The van der Waals surface area contributed by atoms with Crippen LogP contribution in [0.15, 0.2) is 48.5 Å². The van der Waals surface area contributed by atoms with Crippen molar-refractivity contribution in [1.29, 1.82) is 0 Å². The van der Waals surface area contributed by atoms with Gasteiger partial charge in [-0.15, -0.1) is 0 Å². The largest absolute Gasteiger partial charge is 0.399 e. The van der Waals surface area contributed by atoms with E-state index in [4.69, 9.17) is 5.73 Å². The number of nitrogen functional groups attached to an aromatic ring is 1. The average Bonchev–Trinajstić information content (AvgIpc) is 2.40. The molecule has 0 heterocycles. The molecular weight excluding hydrogens is 254 g/mol. The summed E-state index contributed by atoms with van der Waals surface area (Å²) in [6, 6.07) is 13.6. The van der Waals surface area contributed by atoms with Crippen molar-refractivity contribution < 1.29 is 9.59 Å². The van der Waals surface area contributed by atoms with Crippen LogP contribution in [0, 0.1) is 0 Å². The predicted octanol–water partition coefficient (Wildman–Crippen LogP) is 2.48. The minimum Gasteiger partial charge on any atom is -0.399 e. The van der Waals surface area contributed by atoms with Crippen molar-refractivity contribution in [3.63, 3.8) is 0 Å². The van der Waals surface area contributed by atoms with Gasteiger partial charge in [-0.3, -0.25) is 9.59 Å². The average molecular weight is 269 g/mol. The van der Waals surface area contributed by atoms with Crippen molar-refractivity contribution in [2.75, 3.05) is 16.4 Å². The maximum absolute atomic E-state index is 12.0. The zero-order valence-electron chi connectivity index (χ0n) is 11.0. The number of carbonyl (C=O) groups excluding carboxylic acids is 2. The van der Waals surface area contributed by atoms with Gasteiger partial charge >= 0.3 is 0 Å². The summed E-state index contributed by atoms with van der Waals surface area (Å²) < 4.78 is 0. The molecule has 20 heavy (non-hydrogen) atoms. The van der Waals surface area contributed by atoms with E-state index in [-0.39, 0.29) is 11.8 Å². The molecule has 0 aromatic heterocycles. The molecule has 0 spiro atoms. The molecule has 2 aromatic carbocycles. The van der Waals surface area contributed by atoms with Gasteiger partial charge in [-0.2, -0.15) is 0 Å². The molecule has 0 atom stereocenters. The first-order valence-corrected chi connectivity index (χ1v) is 6.09. The molecule has 0 aliphatic heterocycles. The third-order valence-electron chi connectivity index (χ3n) is 2.61. The van der Waals surface area contributed by atoms with Crippen LogP contribution in [0.1, 0.15) is 17.3 Å². The van der Waals surface area contributed by atoms with Gasteiger partial charge in [-0.05, 0) is 42.5 Å². The monoisotopic (exact) mass is 269 g/mol.